The Morgan fingerprint density at radius 3 is 2.81 bits per heavy atom. The molecule has 0 spiro atoms. The Bertz CT molecular complexity index is 977. The lowest BCUT2D eigenvalue weighted by molar-refractivity contribution is -0.115. The lowest BCUT2D eigenvalue weighted by atomic mass is 10.1. The second kappa shape index (κ2) is 8.24. The molecule has 0 saturated heterocycles. The number of benzene rings is 1. The molecule has 0 aliphatic heterocycles. The van der Waals surface area contributed by atoms with E-state index in [2.05, 4.69) is 20.6 Å². The molecular weight excluding hydrogens is 388 g/mol. The molecular formula is C18H17ClN4O3S. The van der Waals surface area contributed by atoms with Crippen LogP contribution in [0.5, 0.6) is 11.5 Å². The molecule has 0 aliphatic carbocycles. The van der Waals surface area contributed by atoms with Gasteiger partial charge in [0.1, 0.15) is 5.82 Å². The molecule has 9 heteroatoms. The van der Waals surface area contributed by atoms with Crippen molar-refractivity contribution in [3.63, 3.8) is 0 Å². The van der Waals surface area contributed by atoms with Gasteiger partial charge in [-0.25, -0.2) is 9.97 Å². The Morgan fingerprint density at radius 1 is 1.26 bits per heavy atom. The molecule has 1 amide bonds. The molecule has 0 atom stereocenters. The standard InChI is InChI=1S/C18H17ClN4O3S/c1-2-20-16-6-10(3-4-21-16)13-9-27-18(22-13)23-17(26)7-11-5-14(24)15(25)8-12(11)19/h3-6,8-9,24-25H,2,7H2,1H3,(H,20,21)(H,22,23,26). The molecule has 4 N–H and O–H groups in total. The van der Waals surface area contributed by atoms with Crippen molar-refractivity contribution in [3.8, 4) is 22.8 Å². The van der Waals surface area contributed by atoms with Gasteiger partial charge in [0.05, 0.1) is 12.1 Å². The normalized spacial score (nSPS) is 10.6. The first kappa shape index (κ1) is 18.9. The van der Waals surface area contributed by atoms with E-state index in [-0.39, 0.29) is 28.8 Å². The third kappa shape index (κ3) is 4.66. The fourth-order valence-corrected chi connectivity index (χ4v) is 3.36. The number of pyridine rings is 1. The lowest BCUT2D eigenvalue weighted by Crippen LogP contribution is -2.14. The van der Waals surface area contributed by atoms with Gasteiger partial charge in [-0.2, -0.15) is 0 Å². The maximum absolute atomic E-state index is 12.2. The highest BCUT2D eigenvalue weighted by Crippen LogP contribution is 2.32. The van der Waals surface area contributed by atoms with Gasteiger partial charge in [0.2, 0.25) is 5.91 Å². The number of carbonyl (C=O) groups excluding carboxylic acids is 1. The summed E-state index contributed by atoms with van der Waals surface area (Å²) < 4.78 is 0. The zero-order valence-electron chi connectivity index (χ0n) is 14.4. The molecule has 3 rings (SSSR count). The van der Waals surface area contributed by atoms with Gasteiger partial charge in [-0.05, 0) is 30.7 Å². The average molecular weight is 405 g/mol. The first-order valence-electron chi connectivity index (χ1n) is 8.12. The molecule has 0 unspecified atom stereocenters. The van der Waals surface area contributed by atoms with Crippen molar-refractivity contribution in [2.45, 2.75) is 13.3 Å². The van der Waals surface area contributed by atoms with Crippen LogP contribution in [0, 0.1) is 0 Å². The van der Waals surface area contributed by atoms with Crippen molar-refractivity contribution in [1.82, 2.24) is 9.97 Å². The number of aromatic nitrogens is 2. The summed E-state index contributed by atoms with van der Waals surface area (Å²) in [6, 6.07) is 6.21. The summed E-state index contributed by atoms with van der Waals surface area (Å²) in [5, 5.41) is 27.3. The first-order chi connectivity index (χ1) is 13.0. The number of rotatable bonds is 6. The van der Waals surface area contributed by atoms with Gasteiger partial charge in [0.25, 0.3) is 0 Å². The van der Waals surface area contributed by atoms with Gasteiger partial charge in [-0.3, -0.25) is 4.79 Å². The largest absolute Gasteiger partial charge is 0.504 e. The highest BCUT2D eigenvalue weighted by atomic mass is 35.5. The van der Waals surface area contributed by atoms with Crippen molar-refractivity contribution < 1.29 is 15.0 Å². The quantitative estimate of drug-likeness (QED) is 0.464. The lowest BCUT2D eigenvalue weighted by Gasteiger charge is -2.06. The Hall–Kier alpha value is -2.84. The predicted octanol–water partition coefficient (Wildman–Crippen LogP) is 3.88. The SMILES string of the molecule is CCNc1cc(-c2csc(NC(=O)Cc3cc(O)c(O)cc3Cl)n2)ccn1. The fraction of sp³-hybridized carbons (Fsp3) is 0.167. The number of hydrogen-bond acceptors (Lipinski definition) is 7. The van der Waals surface area contributed by atoms with E-state index in [0.717, 1.165) is 23.6 Å². The smallest absolute Gasteiger partial charge is 0.230 e. The summed E-state index contributed by atoms with van der Waals surface area (Å²) in [5.41, 5.74) is 2.03. The van der Waals surface area contributed by atoms with Crippen molar-refractivity contribution in [2.75, 3.05) is 17.2 Å². The number of hydrogen-bond donors (Lipinski definition) is 4. The van der Waals surface area contributed by atoms with Gasteiger partial charge in [0.15, 0.2) is 16.6 Å². The fourth-order valence-electron chi connectivity index (χ4n) is 2.40. The minimum Gasteiger partial charge on any atom is -0.504 e. The van der Waals surface area contributed by atoms with Crippen LogP contribution in [0.15, 0.2) is 35.8 Å². The molecule has 27 heavy (non-hydrogen) atoms. The Labute approximate surface area is 164 Å². The van der Waals surface area contributed by atoms with Gasteiger partial charge in [0, 0.05) is 34.8 Å². The van der Waals surface area contributed by atoms with Gasteiger partial charge in [-0.1, -0.05) is 11.6 Å². The zero-order valence-corrected chi connectivity index (χ0v) is 15.9. The third-order valence-electron chi connectivity index (χ3n) is 3.66. The molecule has 0 saturated carbocycles. The van der Waals surface area contributed by atoms with Crippen LogP contribution in [0.4, 0.5) is 10.9 Å². The van der Waals surface area contributed by atoms with Gasteiger partial charge >= 0.3 is 0 Å². The highest BCUT2D eigenvalue weighted by Gasteiger charge is 2.13. The van der Waals surface area contributed by atoms with Crippen molar-refractivity contribution in [2.24, 2.45) is 0 Å². The summed E-state index contributed by atoms with van der Waals surface area (Å²) in [7, 11) is 0. The first-order valence-corrected chi connectivity index (χ1v) is 9.38. The van der Waals surface area contributed by atoms with E-state index < -0.39 is 0 Å². The van der Waals surface area contributed by atoms with Crippen LogP contribution in [-0.4, -0.2) is 32.6 Å². The van der Waals surface area contributed by atoms with Crippen LogP contribution >= 0.6 is 22.9 Å². The molecule has 140 valence electrons. The average Bonchev–Trinajstić information content (AvgIpc) is 3.08. The third-order valence-corrected chi connectivity index (χ3v) is 4.77. The molecule has 2 heterocycles. The zero-order chi connectivity index (χ0) is 19.4. The molecule has 0 radical (unpaired) electrons. The summed E-state index contributed by atoms with van der Waals surface area (Å²) in [6.45, 7) is 2.76. The summed E-state index contributed by atoms with van der Waals surface area (Å²) in [6.07, 6.45) is 1.64. The Kier molecular flexibility index (Phi) is 5.78. The van der Waals surface area contributed by atoms with Crippen LogP contribution in [-0.2, 0) is 11.2 Å². The Morgan fingerprint density at radius 2 is 2.04 bits per heavy atom. The predicted molar refractivity (Wildman–Crippen MR) is 107 cm³/mol. The Balaban J connectivity index is 1.69. The molecule has 1 aromatic carbocycles. The van der Waals surface area contributed by atoms with E-state index in [1.54, 1.807) is 6.20 Å². The van der Waals surface area contributed by atoms with E-state index in [9.17, 15) is 15.0 Å². The van der Waals surface area contributed by atoms with Crippen LogP contribution in [0.1, 0.15) is 12.5 Å². The van der Waals surface area contributed by atoms with E-state index in [4.69, 9.17) is 11.6 Å². The number of thiazole rings is 1. The van der Waals surface area contributed by atoms with Gasteiger partial charge in [-0.15, -0.1) is 11.3 Å². The second-order valence-corrected chi connectivity index (χ2v) is 6.92. The number of carbonyl (C=O) groups is 1. The van der Waals surface area contributed by atoms with Crippen LogP contribution in [0.25, 0.3) is 11.3 Å². The number of aromatic hydroxyl groups is 2. The summed E-state index contributed by atoms with van der Waals surface area (Å²) in [5.74, 6) is -0.225. The highest BCUT2D eigenvalue weighted by molar-refractivity contribution is 7.14. The van der Waals surface area contributed by atoms with Crippen LogP contribution in [0.2, 0.25) is 5.02 Å². The number of amides is 1. The van der Waals surface area contributed by atoms with E-state index in [1.165, 1.54) is 23.5 Å². The summed E-state index contributed by atoms with van der Waals surface area (Å²) >= 11 is 7.30. The minimum absolute atomic E-state index is 0.0542. The molecule has 2 aromatic heterocycles. The number of nitrogens with zero attached hydrogens (tertiary/aromatic N) is 2. The maximum Gasteiger partial charge on any atom is 0.230 e. The number of phenolic OH excluding ortho intramolecular Hbond substituents is 2. The number of nitrogens with one attached hydrogen (secondary N) is 2. The van der Waals surface area contributed by atoms with Crippen molar-refractivity contribution >= 4 is 39.8 Å². The van der Waals surface area contributed by atoms with Gasteiger partial charge < -0.3 is 20.8 Å². The van der Waals surface area contributed by atoms with E-state index in [0.29, 0.717) is 10.7 Å². The van der Waals surface area contributed by atoms with Crippen molar-refractivity contribution in [1.29, 1.82) is 0 Å². The monoisotopic (exact) mass is 404 g/mol. The summed E-state index contributed by atoms with van der Waals surface area (Å²) in [4.78, 5) is 20.9. The van der Waals surface area contributed by atoms with Crippen molar-refractivity contribution in [3.05, 3.63) is 46.4 Å². The number of phenols is 2. The molecule has 0 bridgehead atoms. The van der Waals surface area contributed by atoms with Crippen LogP contribution < -0.4 is 10.6 Å². The van der Waals surface area contributed by atoms with Crippen LogP contribution in [0.3, 0.4) is 0 Å². The maximum atomic E-state index is 12.2. The van der Waals surface area contributed by atoms with E-state index in [1.807, 2.05) is 24.4 Å². The molecule has 7 nitrogen and oxygen atoms in total. The number of halogens is 1. The molecule has 0 aliphatic rings. The topological polar surface area (TPSA) is 107 Å². The molecule has 3 aromatic rings. The number of anilines is 2. The second-order valence-electron chi connectivity index (χ2n) is 5.66. The molecule has 0 fully saturated rings. The van der Waals surface area contributed by atoms with E-state index >= 15 is 0 Å². The minimum atomic E-state index is -0.331.